The van der Waals surface area contributed by atoms with Gasteiger partial charge in [-0.05, 0) is 86.1 Å². The predicted molar refractivity (Wildman–Crippen MR) is 141 cm³/mol. The van der Waals surface area contributed by atoms with Crippen LogP contribution in [0, 0.1) is 4.77 Å². The number of phenols is 2. The van der Waals surface area contributed by atoms with E-state index in [-0.39, 0.29) is 11.5 Å². The second kappa shape index (κ2) is 8.99. The molecule has 0 saturated carbocycles. The molecule has 0 fully saturated rings. The van der Waals surface area contributed by atoms with Crippen molar-refractivity contribution in [1.82, 2.24) is 14.1 Å². The third-order valence-electron chi connectivity index (χ3n) is 7.43. The first-order chi connectivity index (χ1) is 16.4. The highest BCUT2D eigenvalue weighted by atomic mass is 32.1. The van der Waals surface area contributed by atoms with E-state index >= 15 is 0 Å². The molecule has 2 aromatic carbocycles. The number of fused-ring (bicyclic) bond motifs is 3. The van der Waals surface area contributed by atoms with Gasteiger partial charge in [0, 0.05) is 46.7 Å². The summed E-state index contributed by atoms with van der Waals surface area (Å²) in [6, 6.07) is 9.92. The van der Waals surface area contributed by atoms with Crippen molar-refractivity contribution < 1.29 is 10.2 Å². The summed E-state index contributed by atoms with van der Waals surface area (Å²) in [5.74, 6) is 0.171. The summed E-state index contributed by atoms with van der Waals surface area (Å²) in [7, 11) is 2.19. The Hall–Kier alpha value is -2.99. The van der Waals surface area contributed by atoms with Gasteiger partial charge in [-0.15, -0.1) is 0 Å². The van der Waals surface area contributed by atoms with Gasteiger partial charge in [0.1, 0.15) is 11.5 Å². The van der Waals surface area contributed by atoms with E-state index in [1.54, 1.807) is 0 Å². The summed E-state index contributed by atoms with van der Waals surface area (Å²) in [5, 5.41) is 22.4. The van der Waals surface area contributed by atoms with Gasteiger partial charge in [-0.1, -0.05) is 26.7 Å². The molecule has 5 rings (SSSR count). The Balaban J connectivity index is 1.76. The number of nitrogens with one attached hydrogen (secondary N) is 1. The van der Waals surface area contributed by atoms with Crippen molar-refractivity contribution in [3.63, 3.8) is 0 Å². The van der Waals surface area contributed by atoms with Crippen molar-refractivity contribution in [2.24, 2.45) is 7.05 Å². The van der Waals surface area contributed by atoms with Crippen LogP contribution in [0.1, 0.15) is 62.0 Å². The van der Waals surface area contributed by atoms with Crippen molar-refractivity contribution in [2.45, 2.75) is 65.2 Å². The van der Waals surface area contributed by atoms with Crippen LogP contribution in [0.25, 0.3) is 27.8 Å². The van der Waals surface area contributed by atoms with Crippen LogP contribution in [-0.2, 0) is 32.7 Å². The van der Waals surface area contributed by atoms with Crippen LogP contribution in [0.3, 0.4) is 0 Å². The zero-order chi connectivity index (χ0) is 24.0. The molecular formula is C28H33N3O2S. The number of hydrogen-bond acceptors (Lipinski definition) is 3. The van der Waals surface area contributed by atoms with E-state index in [0.717, 1.165) is 41.9 Å². The van der Waals surface area contributed by atoms with E-state index < -0.39 is 0 Å². The van der Waals surface area contributed by atoms with Gasteiger partial charge in [-0.25, -0.2) is 0 Å². The van der Waals surface area contributed by atoms with Gasteiger partial charge in [-0.2, -0.15) is 0 Å². The molecule has 4 aromatic rings. The second-order valence-electron chi connectivity index (χ2n) is 9.40. The molecule has 0 unspecified atom stereocenters. The Bertz CT molecular complexity index is 1440. The molecule has 0 amide bonds. The van der Waals surface area contributed by atoms with Crippen LogP contribution in [0.4, 0.5) is 0 Å². The maximum atomic E-state index is 10.8. The van der Waals surface area contributed by atoms with Crippen LogP contribution in [0.15, 0.2) is 30.3 Å². The lowest BCUT2D eigenvalue weighted by Crippen LogP contribution is -2.02. The minimum Gasteiger partial charge on any atom is -0.508 e. The highest BCUT2D eigenvalue weighted by Gasteiger charge is 2.22. The van der Waals surface area contributed by atoms with E-state index in [4.69, 9.17) is 12.2 Å². The fourth-order valence-corrected chi connectivity index (χ4v) is 5.93. The number of aryl methyl sites for hydroxylation is 4. The Morgan fingerprint density at radius 1 is 0.941 bits per heavy atom. The number of aromatic nitrogens is 3. The number of imidazole rings is 1. The van der Waals surface area contributed by atoms with Crippen LogP contribution >= 0.6 is 12.2 Å². The van der Waals surface area contributed by atoms with E-state index in [2.05, 4.69) is 41.7 Å². The molecule has 178 valence electrons. The molecule has 6 heteroatoms. The van der Waals surface area contributed by atoms with Crippen molar-refractivity contribution in [3.8, 4) is 28.4 Å². The first-order valence-corrected chi connectivity index (χ1v) is 12.8. The highest BCUT2D eigenvalue weighted by Crippen LogP contribution is 2.39. The van der Waals surface area contributed by atoms with Gasteiger partial charge in [0.05, 0.1) is 5.69 Å². The molecule has 0 atom stereocenters. The third kappa shape index (κ3) is 3.65. The van der Waals surface area contributed by atoms with Gasteiger partial charge >= 0.3 is 0 Å². The van der Waals surface area contributed by atoms with Gasteiger partial charge in [0.2, 0.25) is 0 Å². The van der Waals surface area contributed by atoms with Gasteiger partial charge in [0.15, 0.2) is 4.77 Å². The van der Waals surface area contributed by atoms with Crippen molar-refractivity contribution in [3.05, 3.63) is 57.6 Å². The molecule has 0 aliphatic heterocycles. The molecule has 5 nitrogen and oxygen atoms in total. The number of benzene rings is 2. The van der Waals surface area contributed by atoms with Crippen molar-refractivity contribution >= 4 is 23.1 Å². The smallest absolute Gasteiger partial charge is 0.182 e. The van der Waals surface area contributed by atoms with Gasteiger partial charge in [0.25, 0.3) is 0 Å². The predicted octanol–water partition coefficient (Wildman–Crippen LogP) is 6.89. The normalized spacial score (nSPS) is 14.2. The standard InChI is InChI=1S/C28H33N3O2S/c1-4-17-14-21(26(33)16-25(17)32)27-22(5-2)29-28(34)31(27)18-12-13-24-20(15-18)19-10-8-6-7-9-11-23(19)30(24)3/h12-16,32-33H,4-11H2,1-3H3,(H,29,34). The van der Waals surface area contributed by atoms with Crippen LogP contribution in [0.5, 0.6) is 11.5 Å². The Morgan fingerprint density at radius 2 is 1.71 bits per heavy atom. The number of phenolic OH excluding ortho intramolecular Hbond substituents is 2. The first kappa shape index (κ1) is 22.8. The van der Waals surface area contributed by atoms with E-state index in [9.17, 15) is 10.2 Å². The molecule has 0 radical (unpaired) electrons. The number of nitrogens with zero attached hydrogens (tertiary/aromatic N) is 2. The largest absolute Gasteiger partial charge is 0.508 e. The summed E-state index contributed by atoms with van der Waals surface area (Å²) < 4.78 is 5.02. The Labute approximate surface area is 205 Å². The number of hydrogen-bond donors (Lipinski definition) is 3. The second-order valence-corrected chi connectivity index (χ2v) is 9.78. The zero-order valence-corrected chi connectivity index (χ0v) is 21.1. The molecule has 2 heterocycles. The maximum absolute atomic E-state index is 10.8. The molecule has 3 N–H and O–H groups in total. The van der Waals surface area contributed by atoms with Crippen LogP contribution in [-0.4, -0.2) is 24.3 Å². The molecule has 1 aliphatic rings. The van der Waals surface area contributed by atoms with Gasteiger partial charge < -0.3 is 19.8 Å². The fraction of sp³-hybridized carbons (Fsp3) is 0.393. The number of aromatic hydroxyl groups is 2. The van der Waals surface area contributed by atoms with Crippen LogP contribution < -0.4 is 0 Å². The summed E-state index contributed by atoms with van der Waals surface area (Å²) >= 11 is 5.80. The summed E-state index contributed by atoms with van der Waals surface area (Å²) in [4.78, 5) is 3.37. The summed E-state index contributed by atoms with van der Waals surface area (Å²) in [5.41, 5.74) is 8.49. The molecule has 0 spiro atoms. The molecule has 0 bridgehead atoms. The average molecular weight is 476 g/mol. The lowest BCUT2D eigenvalue weighted by atomic mass is 9.96. The van der Waals surface area contributed by atoms with Gasteiger partial charge in [-0.3, -0.25) is 4.57 Å². The van der Waals surface area contributed by atoms with E-state index in [1.807, 2.05) is 17.6 Å². The van der Waals surface area contributed by atoms with Crippen molar-refractivity contribution in [1.29, 1.82) is 0 Å². The molecule has 2 aromatic heterocycles. The Morgan fingerprint density at radius 3 is 2.44 bits per heavy atom. The fourth-order valence-electron chi connectivity index (χ4n) is 5.61. The topological polar surface area (TPSA) is 66.1 Å². The highest BCUT2D eigenvalue weighted by molar-refractivity contribution is 7.71. The lowest BCUT2D eigenvalue weighted by Gasteiger charge is -2.14. The minimum absolute atomic E-state index is 0.0538. The molecule has 1 aliphatic carbocycles. The molecular weight excluding hydrogens is 442 g/mol. The SMILES string of the molecule is CCc1cc(-c2c(CC)[nH]c(=S)n2-c2ccc3c(c2)c2c(n3C)CCCCCC2)c(O)cc1O. The maximum Gasteiger partial charge on any atom is 0.182 e. The first-order valence-electron chi connectivity index (χ1n) is 12.4. The van der Waals surface area contributed by atoms with E-state index in [0.29, 0.717) is 16.8 Å². The lowest BCUT2D eigenvalue weighted by molar-refractivity contribution is 0.447. The van der Waals surface area contributed by atoms with E-state index in [1.165, 1.54) is 53.9 Å². The number of aromatic amines is 1. The monoisotopic (exact) mass is 475 g/mol. The summed E-state index contributed by atoms with van der Waals surface area (Å²) in [6.07, 6.45) is 8.74. The number of rotatable bonds is 4. The third-order valence-corrected chi connectivity index (χ3v) is 7.71. The number of H-pyrrole nitrogens is 1. The van der Waals surface area contributed by atoms with Crippen LogP contribution in [0.2, 0.25) is 0 Å². The molecule has 0 saturated heterocycles. The molecule has 34 heavy (non-hydrogen) atoms. The minimum atomic E-state index is 0.0538. The average Bonchev–Trinajstić information content (AvgIpc) is 3.26. The Kier molecular flexibility index (Phi) is 6.02. The quantitative estimate of drug-likeness (QED) is 0.282. The zero-order valence-electron chi connectivity index (χ0n) is 20.2. The summed E-state index contributed by atoms with van der Waals surface area (Å²) in [6.45, 7) is 4.08. The van der Waals surface area contributed by atoms with Crippen molar-refractivity contribution in [2.75, 3.05) is 0 Å².